The number of H-pyrrole nitrogens is 1. The highest BCUT2D eigenvalue weighted by Crippen LogP contribution is 2.19. The van der Waals surface area contributed by atoms with Gasteiger partial charge in [0.25, 0.3) is 5.56 Å². The molecule has 4 nitrogen and oxygen atoms in total. The molecule has 1 aromatic rings. The van der Waals surface area contributed by atoms with E-state index in [0.29, 0.717) is 16.0 Å². The van der Waals surface area contributed by atoms with Gasteiger partial charge in [0, 0.05) is 12.8 Å². The number of aromatic amines is 1. The summed E-state index contributed by atoms with van der Waals surface area (Å²) in [6.07, 6.45) is 1.55. The third kappa shape index (κ3) is 2.54. The molecule has 1 heterocycles. The van der Waals surface area contributed by atoms with Crippen molar-refractivity contribution in [2.24, 2.45) is 0 Å². The summed E-state index contributed by atoms with van der Waals surface area (Å²) in [7, 11) is 0. The second kappa shape index (κ2) is 4.39. The molecule has 0 unspecified atom stereocenters. The molecule has 1 rings (SSSR count). The van der Waals surface area contributed by atoms with E-state index >= 15 is 0 Å². The molecule has 0 saturated heterocycles. The van der Waals surface area contributed by atoms with E-state index in [0.717, 1.165) is 0 Å². The van der Waals surface area contributed by atoms with E-state index in [1.807, 2.05) is 43.4 Å². The van der Waals surface area contributed by atoms with Crippen LogP contribution in [0.1, 0.15) is 26.6 Å². The number of rotatable bonds is 3. The summed E-state index contributed by atoms with van der Waals surface area (Å²) >= 11 is 1.94. The minimum atomic E-state index is -0.543. The number of ether oxygens (including phenoxy) is 1. The molecule has 0 bridgehead atoms. The maximum Gasteiger partial charge on any atom is 0.264 e. The average Bonchev–Trinajstić information content (AvgIpc) is 2.09. The molecule has 1 aromatic heterocycles. The van der Waals surface area contributed by atoms with Crippen molar-refractivity contribution in [3.8, 4) is 0 Å². The Bertz CT molecular complexity index is 373. The normalized spacial score (nSPS) is 11.7. The lowest BCUT2D eigenvalue weighted by Crippen LogP contribution is -2.28. The van der Waals surface area contributed by atoms with Crippen LogP contribution < -0.4 is 5.56 Å². The van der Waals surface area contributed by atoms with Gasteiger partial charge in [-0.2, -0.15) is 0 Å². The smallest absolute Gasteiger partial charge is 0.264 e. The zero-order chi connectivity index (χ0) is 10.8. The van der Waals surface area contributed by atoms with Crippen LogP contribution in [0.2, 0.25) is 0 Å². The first-order valence-electron chi connectivity index (χ1n) is 4.36. The molecule has 0 aliphatic heterocycles. The molecule has 0 aromatic carbocycles. The molecule has 1 N–H and O–H groups in total. The van der Waals surface area contributed by atoms with Gasteiger partial charge in [-0.25, -0.2) is 4.98 Å². The highest BCUT2D eigenvalue weighted by Gasteiger charge is 2.23. The van der Waals surface area contributed by atoms with Crippen molar-refractivity contribution < 1.29 is 4.74 Å². The summed E-state index contributed by atoms with van der Waals surface area (Å²) < 4.78 is 6.06. The van der Waals surface area contributed by atoms with Gasteiger partial charge in [0.1, 0.15) is 11.4 Å². The van der Waals surface area contributed by atoms with Crippen molar-refractivity contribution in [3.05, 3.63) is 25.9 Å². The zero-order valence-corrected chi connectivity index (χ0v) is 10.6. The van der Waals surface area contributed by atoms with Crippen LogP contribution in [0.15, 0.2) is 11.0 Å². The van der Waals surface area contributed by atoms with Crippen LogP contribution in [0.25, 0.3) is 0 Å². The van der Waals surface area contributed by atoms with Crippen molar-refractivity contribution >= 4 is 22.6 Å². The molecular weight excluding hydrogens is 295 g/mol. The molecule has 0 spiro atoms. The number of aromatic nitrogens is 2. The summed E-state index contributed by atoms with van der Waals surface area (Å²) in [4.78, 5) is 18.2. The number of halogens is 1. The fourth-order valence-electron chi connectivity index (χ4n) is 1.11. The average molecular weight is 308 g/mol. The molecule has 14 heavy (non-hydrogen) atoms. The Morgan fingerprint density at radius 3 is 2.79 bits per heavy atom. The van der Waals surface area contributed by atoms with Gasteiger partial charge in [-0.3, -0.25) is 4.79 Å². The molecule has 0 fully saturated rings. The topological polar surface area (TPSA) is 55.0 Å². The minimum Gasteiger partial charge on any atom is -0.368 e. The summed E-state index contributed by atoms with van der Waals surface area (Å²) in [5.74, 6) is 0.560. The molecule has 0 aliphatic carbocycles. The summed E-state index contributed by atoms with van der Waals surface area (Å²) in [6, 6.07) is 0. The Morgan fingerprint density at radius 1 is 1.64 bits per heavy atom. The van der Waals surface area contributed by atoms with Crippen molar-refractivity contribution in [2.45, 2.75) is 26.4 Å². The lowest BCUT2D eigenvalue weighted by Gasteiger charge is -2.23. The van der Waals surface area contributed by atoms with Crippen molar-refractivity contribution in [3.63, 3.8) is 0 Å². The van der Waals surface area contributed by atoms with Crippen molar-refractivity contribution in [1.82, 2.24) is 9.97 Å². The standard InChI is InChI=1S/C9H13IN2O2/c1-4-14-9(2,3)8-11-5-6(10)7(13)12-8/h5H,4H2,1-3H3,(H,11,12,13). The molecule has 0 atom stereocenters. The van der Waals surface area contributed by atoms with E-state index in [-0.39, 0.29) is 5.56 Å². The number of hydrogen-bond donors (Lipinski definition) is 1. The van der Waals surface area contributed by atoms with Gasteiger partial charge >= 0.3 is 0 Å². The van der Waals surface area contributed by atoms with Crippen LogP contribution in [0, 0.1) is 3.57 Å². The van der Waals surface area contributed by atoms with Crippen LogP contribution in [-0.4, -0.2) is 16.6 Å². The summed E-state index contributed by atoms with van der Waals surface area (Å²) in [5, 5.41) is 0. The first-order valence-corrected chi connectivity index (χ1v) is 5.44. The minimum absolute atomic E-state index is 0.122. The molecule has 0 amide bonds. The van der Waals surface area contributed by atoms with Crippen molar-refractivity contribution in [1.29, 1.82) is 0 Å². The second-order valence-electron chi connectivity index (χ2n) is 3.35. The number of nitrogens with zero attached hydrogens (tertiary/aromatic N) is 1. The van der Waals surface area contributed by atoms with Gasteiger partial charge in [0.15, 0.2) is 0 Å². The van der Waals surface area contributed by atoms with Crippen LogP contribution in [-0.2, 0) is 10.3 Å². The fourth-order valence-corrected chi connectivity index (χ4v) is 1.39. The van der Waals surface area contributed by atoms with Crippen LogP contribution >= 0.6 is 22.6 Å². The second-order valence-corrected chi connectivity index (χ2v) is 4.51. The Morgan fingerprint density at radius 2 is 2.29 bits per heavy atom. The fraction of sp³-hybridized carbons (Fsp3) is 0.556. The Hall–Kier alpha value is -0.430. The monoisotopic (exact) mass is 308 g/mol. The van der Waals surface area contributed by atoms with Gasteiger partial charge in [-0.15, -0.1) is 0 Å². The first-order chi connectivity index (χ1) is 6.47. The first kappa shape index (κ1) is 11.6. The number of hydrogen-bond acceptors (Lipinski definition) is 3. The molecule has 5 heteroatoms. The molecule has 0 saturated carbocycles. The third-order valence-corrected chi connectivity index (χ3v) is 2.60. The van der Waals surface area contributed by atoms with Crippen LogP contribution in [0.5, 0.6) is 0 Å². The van der Waals surface area contributed by atoms with E-state index < -0.39 is 5.60 Å². The maximum absolute atomic E-state index is 11.3. The summed E-state index contributed by atoms with van der Waals surface area (Å²) in [6.45, 7) is 6.25. The van der Waals surface area contributed by atoms with Crippen LogP contribution in [0.4, 0.5) is 0 Å². The van der Waals surface area contributed by atoms with Gasteiger partial charge in [-0.05, 0) is 43.4 Å². The van der Waals surface area contributed by atoms with E-state index in [9.17, 15) is 4.79 Å². The SMILES string of the molecule is CCOC(C)(C)c1ncc(I)c(=O)[nH]1. The van der Waals surface area contributed by atoms with E-state index in [1.54, 1.807) is 6.20 Å². The highest BCUT2D eigenvalue weighted by atomic mass is 127. The Kier molecular flexibility index (Phi) is 3.65. The summed E-state index contributed by atoms with van der Waals surface area (Å²) in [5.41, 5.74) is -0.665. The van der Waals surface area contributed by atoms with Gasteiger partial charge in [0.2, 0.25) is 0 Å². The molecular formula is C9H13IN2O2. The largest absolute Gasteiger partial charge is 0.368 e. The molecule has 0 aliphatic rings. The lowest BCUT2D eigenvalue weighted by molar-refractivity contribution is -0.0210. The predicted octanol–water partition coefficient (Wildman–Crippen LogP) is 1.65. The van der Waals surface area contributed by atoms with E-state index in [2.05, 4.69) is 9.97 Å². The van der Waals surface area contributed by atoms with Gasteiger partial charge in [0.05, 0.1) is 3.57 Å². The Balaban J connectivity index is 3.07. The predicted molar refractivity (Wildman–Crippen MR) is 62.2 cm³/mol. The Labute approximate surface area is 96.2 Å². The third-order valence-electron chi connectivity index (χ3n) is 1.83. The maximum atomic E-state index is 11.3. The highest BCUT2D eigenvalue weighted by molar-refractivity contribution is 14.1. The quantitative estimate of drug-likeness (QED) is 0.864. The zero-order valence-electron chi connectivity index (χ0n) is 8.43. The molecule has 78 valence electrons. The van der Waals surface area contributed by atoms with Crippen LogP contribution in [0.3, 0.4) is 0 Å². The van der Waals surface area contributed by atoms with E-state index in [1.165, 1.54) is 0 Å². The molecule has 0 radical (unpaired) electrons. The lowest BCUT2D eigenvalue weighted by atomic mass is 10.1. The number of nitrogens with one attached hydrogen (secondary N) is 1. The van der Waals surface area contributed by atoms with E-state index in [4.69, 9.17) is 4.74 Å². The van der Waals surface area contributed by atoms with Gasteiger partial charge in [-0.1, -0.05) is 0 Å². The van der Waals surface area contributed by atoms with Gasteiger partial charge < -0.3 is 9.72 Å². The van der Waals surface area contributed by atoms with Crippen molar-refractivity contribution in [2.75, 3.05) is 6.61 Å².